The van der Waals surface area contributed by atoms with Gasteiger partial charge in [0.15, 0.2) is 5.75 Å². The van der Waals surface area contributed by atoms with Crippen LogP contribution < -0.4 is 4.74 Å². The predicted molar refractivity (Wildman–Crippen MR) is 71.9 cm³/mol. The molecule has 108 valence electrons. The minimum Gasteiger partial charge on any atom is -0.493 e. The molecule has 1 N–H and O–H groups in total. The Morgan fingerprint density at radius 3 is 2.75 bits per heavy atom. The van der Waals surface area contributed by atoms with Gasteiger partial charge in [0.1, 0.15) is 17.1 Å². The summed E-state index contributed by atoms with van der Waals surface area (Å²) in [5.74, 6) is -0.0315. The zero-order valence-corrected chi connectivity index (χ0v) is 11.8. The van der Waals surface area contributed by atoms with Crippen LogP contribution in [0.3, 0.4) is 0 Å². The van der Waals surface area contributed by atoms with Crippen molar-refractivity contribution in [3.63, 3.8) is 0 Å². The zero-order valence-electron chi connectivity index (χ0n) is 11.8. The van der Waals surface area contributed by atoms with Crippen LogP contribution in [-0.4, -0.2) is 27.0 Å². The fourth-order valence-electron chi connectivity index (χ4n) is 2.20. The van der Waals surface area contributed by atoms with Crippen molar-refractivity contribution in [3.05, 3.63) is 41.7 Å². The van der Waals surface area contributed by atoms with Gasteiger partial charge in [0.25, 0.3) is 0 Å². The first-order valence-electron chi connectivity index (χ1n) is 6.44. The number of aromatic nitrogens is 3. The third-order valence-corrected chi connectivity index (χ3v) is 3.19. The van der Waals surface area contributed by atoms with E-state index in [2.05, 4.69) is 10.1 Å². The third-order valence-electron chi connectivity index (χ3n) is 3.19. The van der Waals surface area contributed by atoms with E-state index in [1.54, 1.807) is 17.8 Å². The average Bonchev–Trinajstić information content (AvgIpc) is 2.83. The fraction of sp³-hybridized carbons (Fsp3) is 0.429. The first kappa shape index (κ1) is 14.5. The van der Waals surface area contributed by atoms with E-state index in [-0.39, 0.29) is 0 Å². The normalized spacial score (nSPS) is 14.1. The molecule has 0 bridgehead atoms. The standard InChI is InChI=1S/C14H18FN3O2/c1-4-5-18-13(12(20-3)9-17-18)14(2,19)10-6-11(15)8-16-7-10/h6-9,19H,4-5H2,1-3H3. The first-order valence-corrected chi connectivity index (χ1v) is 6.44. The summed E-state index contributed by atoms with van der Waals surface area (Å²) in [6.45, 7) is 4.23. The minimum absolute atomic E-state index is 0.355. The second-order valence-corrected chi connectivity index (χ2v) is 4.75. The number of pyridine rings is 1. The molecule has 0 aromatic carbocycles. The number of rotatable bonds is 5. The highest BCUT2D eigenvalue weighted by Gasteiger charge is 2.34. The van der Waals surface area contributed by atoms with Crippen molar-refractivity contribution in [2.45, 2.75) is 32.4 Å². The maximum absolute atomic E-state index is 13.3. The molecule has 2 aromatic heterocycles. The SMILES string of the molecule is CCCn1ncc(OC)c1C(C)(O)c1cncc(F)c1. The average molecular weight is 279 g/mol. The molecule has 1 unspecified atom stereocenters. The number of aryl methyl sites for hydroxylation is 1. The number of halogens is 1. The molecule has 0 aliphatic rings. The summed E-state index contributed by atoms with van der Waals surface area (Å²) in [4.78, 5) is 3.79. The van der Waals surface area contributed by atoms with Gasteiger partial charge in [-0.3, -0.25) is 9.67 Å². The molecule has 5 nitrogen and oxygen atoms in total. The Morgan fingerprint density at radius 1 is 1.40 bits per heavy atom. The summed E-state index contributed by atoms with van der Waals surface area (Å²) in [5, 5.41) is 15.1. The lowest BCUT2D eigenvalue weighted by Crippen LogP contribution is -2.28. The number of nitrogens with zero attached hydrogens (tertiary/aromatic N) is 3. The van der Waals surface area contributed by atoms with E-state index >= 15 is 0 Å². The maximum atomic E-state index is 13.3. The topological polar surface area (TPSA) is 60.2 Å². The minimum atomic E-state index is -1.44. The molecule has 2 aromatic rings. The predicted octanol–water partition coefficient (Wildman–Crippen LogP) is 2.09. The smallest absolute Gasteiger partial charge is 0.163 e. The van der Waals surface area contributed by atoms with Gasteiger partial charge in [0.05, 0.1) is 19.5 Å². The molecule has 0 aliphatic heterocycles. The summed E-state index contributed by atoms with van der Waals surface area (Å²) < 4.78 is 20.3. The van der Waals surface area contributed by atoms with E-state index in [1.165, 1.54) is 19.4 Å². The van der Waals surface area contributed by atoms with Gasteiger partial charge in [-0.2, -0.15) is 5.10 Å². The van der Waals surface area contributed by atoms with Crippen molar-refractivity contribution in [1.29, 1.82) is 0 Å². The molecule has 0 aliphatic carbocycles. The molecule has 0 spiro atoms. The molecular weight excluding hydrogens is 261 g/mol. The quantitative estimate of drug-likeness (QED) is 0.910. The highest BCUT2D eigenvalue weighted by molar-refractivity contribution is 5.38. The molecule has 0 saturated heterocycles. The van der Waals surface area contributed by atoms with E-state index in [1.807, 2.05) is 6.92 Å². The van der Waals surface area contributed by atoms with Crippen molar-refractivity contribution >= 4 is 0 Å². The summed E-state index contributed by atoms with van der Waals surface area (Å²) in [6.07, 6.45) is 4.94. The van der Waals surface area contributed by atoms with Crippen LogP contribution in [0.25, 0.3) is 0 Å². The summed E-state index contributed by atoms with van der Waals surface area (Å²) in [7, 11) is 1.51. The lowest BCUT2D eigenvalue weighted by atomic mass is 9.93. The van der Waals surface area contributed by atoms with Gasteiger partial charge in [0, 0.05) is 18.3 Å². The Labute approximate surface area is 117 Å². The fourth-order valence-corrected chi connectivity index (χ4v) is 2.20. The van der Waals surface area contributed by atoms with Gasteiger partial charge in [-0.15, -0.1) is 0 Å². The second kappa shape index (κ2) is 5.58. The summed E-state index contributed by atoms with van der Waals surface area (Å²) >= 11 is 0. The molecule has 2 rings (SSSR count). The van der Waals surface area contributed by atoms with Crippen LogP contribution in [0.4, 0.5) is 4.39 Å². The monoisotopic (exact) mass is 279 g/mol. The van der Waals surface area contributed by atoms with E-state index < -0.39 is 11.4 Å². The Morgan fingerprint density at radius 2 is 2.15 bits per heavy atom. The maximum Gasteiger partial charge on any atom is 0.163 e. The number of hydrogen-bond acceptors (Lipinski definition) is 4. The molecule has 1 atom stereocenters. The van der Waals surface area contributed by atoms with Crippen LogP contribution in [-0.2, 0) is 12.1 Å². The van der Waals surface area contributed by atoms with Crippen LogP contribution in [0.1, 0.15) is 31.5 Å². The van der Waals surface area contributed by atoms with Crippen molar-refractivity contribution in [2.24, 2.45) is 0 Å². The van der Waals surface area contributed by atoms with E-state index in [9.17, 15) is 9.50 Å². The van der Waals surface area contributed by atoms with E-state index in [4.69, 9.17) is 4.74 Å². The molecule has 0 saturated carbocycles. The Bertz CT molecular complexity index is 596. The molecule has 0 fully saturated rings. The summed E-state index contributed by atoms with van der Waals surface area (Å²) in [6, 6.07) is 1.26. The van der Waals surface area contributed by atoms with Gasteiger partial charge >= 0.3 is 0 Å². The van der Waals surface area contributed by atoms with Crippen molar-refractivity contribution in [1.82, 2.24) is 14.8 Å². The number of methoxy groups -OCH3 is 1. The first-order chi connectivity index (χ1) is 9.50. The lowest BCUT2D eigenvalue weighted by Gasteiger charge is -2.25. The van der Waals surface area contributed by atoms with Crippen LogP contribution in [0.15, 0.2) is 24.7 Å². The number of ether oxygens (including phenoxy) is 1. The van der Waals surface area contributed by atoms with Gasteiger partial charge < -0.3 is 9.84 Å². The molecule has 6 heteroatoms. The number of aliphatic hydroxyl groups is 1. The van der Waals surface area contributed by atoms with Gasteiger partial charge in [-0.05, 0) is 19.4 Å². The van der Waals surface area contributed by atoms with Crippen molar-refractivity contribution in [2.75, 3.05) is 7.11 Å². The molecular formula is C14H18FN3O2. The molecule has 0 amide bonds. The van der Waals surface area contributed by atoms with Crippen molar-refractivity contribution < 1.29 is 14.2 Å². The van der Waals surface area contributed by atoms with Crippen LogP contribution >= 0.6 is 0 Å². The highest BCUT2D eigenvalue weighted by atomic mass is 19.1. The van der Waals surface area contributed by atoms with E-state index in [0.29, 0.717) is 23.6 Å². The van der Waals surface area contributed by atoms with Gasteiger partial charge in [-0.25, -0.2) is 4.39 Å². The molecule has 2 heterocycles. The summed E-state index contributed by atoms with van der Waals surface area (Å²) in [5.41, 5.74) is -0.588. The Balaban J connectivity index is 2.55. The van der Waals surface area contributed by atoms with Crippen molar-refractivity contribution in [3.8, 4) is 5.75 Å². The van der Waals surface area contributed by atoms with Gasteiger partial charge in [0.2, 0.25) is 0 Å². The highest BCUT2D eigenvalue weighted by Crippen LogP contribution is 2.35. The Hall–Kier alpha value is -1.95. The zero-order chi connectivity index (χ0) is 14.8. The van der Waals surface area contributed by atoms with Crippen LogP contribution in [0, 0.1) is 5.82 Å². The van der Waals surface area contributed by atoms with Gasteiger partial charge in [-0.1, -0.05) is 6.92 Å². The molecule has 0 radical (unpaired) electrons. The Kier molecular flexibility index (Phi) is 4.04. The van der Waals surface area contributed by atoms with Crippen LogP contribution in [0.5, 0.6) is 5.75 Å². The van der Waals surface area contributed by atoms with Crippen LogP contribution in [0.2, 0.25) is 0 Å². The van der Waals surface area contributed by atoms with E-state index in [0.717, 1.165) is 12.6 Å². The number of hydrogen-bond donors (Lipinski definition) is 1. The third kappa shape index (κ3) is 2.51. The molecule has 20 heavy (non-hydrogen) atoms. The second-order valence-electron chi connectivity index (χ2n) is 4.75. The largest absolute Gasteiger partial charge is 0.493 e. The lowest BCUT2D eigenvalue weighted by molar-refractivity contribution is 0.0874.